The van der Waals surface area contributed by atoms with Crippen LogP contribution in [0.2, 0.25) is 0 Å². The Balaban J connectivity index is 1.40. The monoisotopic (exact) mass is 347 g/mol. The number of aromatic nitrogens is 1. The van der Waals surface area contributed by atoms with E-state index in [-0.39, 0.29) is 11.5 Å². The quantitative estimate of drug-likeness (QED) is 0.763. The van der Waals surface area contributed by atoms with Crippen LogP contribution in [0.15, 0.2) is 65.5 Å². The van der Waals surface area contributed by atoms with Crippen molar-refractivity contribution in [3.05, 3.63) is 76.7 Å². The number of amides is 1. The summed E-state index contributed by atoms with van der Waals surface area (Å²) in [5.74, 6) is 0.178. The van der Waals surface area contributed by atoms with E-state index in [9.17, 15) is 9.59 Å². The molecule has 26 heavy (non-hydrogen) atoms. The molecule has 3 aromatic rings. The lowest BCUT2D eigenvalue weighted by molar-refractivity contribution is 0.0943. The number of carbonyl (C=O) groups excluding carboxylic acids is 1. The third-order valence-corrected chi connectivity index (χ3v) is 4.96. The number of rotatable bonds is 4. The number of H-pyrrole nitrogens is 1. The Morgan fingerprint density at radius 2 is 1.88 bits per heavy atom. The van der Waals surface area contributed by atoms with Crippen LogP contribution in [0.25, 0.3) is 10.8 Å². The molecule has 5 heteroatoms. The van der Waals surface area contributed by atoms with Gasteiger partial charge in [0.05, 0.1) is 0 Å². The van der Waals surface area contributed by atoms with E-state index >= 15 is 0 Å². The van der Waals surface area contributed by atoms with Crippen LogP contribution < -0.4 is 15.8 Å². The molecule has 0 radical (unpaired) electrons. The van der Waals surface area contributed by atoms with Gasteiger partial charge in [0.15, 0.2) is 0 Å². The van der Waals surface area contributed by atoms with Crippen molar-refractivity contribution in [2.24, 2.45) is 5.92 Å². The highest BCUT2D eigenvalue weighted by Gasteiger charge is 2.23. The van der Waals surface area contributed by atoms with Crippen LogP contribution >= 0.6 is 0 Å². The Kier molecular flexibility index (Phi) is 4.44. The van der Waals surface area contributed by atoms with E-state index in [2.05, 4.69) is 27.3 Å². The minimum atomic E-state index is -0.232. The number of carbonyl (C=O) groups is 1. The summed E-state index contributed by atoms with van der Waals surface area (Å²) in [5, 5.41) is 4.34. The molecule has 4 rings (SSSR count). The highest BCUT2D eigenvalue weighted by molar-refractivity contribution is 5.96. The third-order valence-electron chi connectivity index (χ3n) is 4.96. The second-order valence-corrected chi connectivity index (χ2v) is 6.75. The normalized spacial score (nSPS) is 16.8. The molecule has 1 atom stereocenters. The second-order valence-electron chi connectivity index (χ2n) is 6.75. The van der Waals surface area contributed by atoms with Crippen molar-refractivity contribution < 1.29 is 4.79 Å². The van der Waals surface area contributed by atoms with Crippen LogP contribution in [0.1, 0.15) is 16.9 Å². The van der Waals surface area contributed by atoms with Crippen molar-refractivity contribution in [2.75, 3.05) is 24.5 Å². The molecular weight excluding hydrogens is 326 g/mol. The number of hydrogen-bond acceptors (Lipinski definition) is 3. The first kappa shape index (κ1) is 16.4. The molecule has 1 amide bonds. The number of fused-ring (bicyclic) bond motifs is 1. The van der Waals surface area contributed by atoms with Crippen LogP contribution in [0.5, 0.6) is 0 Å². The van der Waals surface area contributed by atoms with Gasteiger partial charge in [-0.25, -0.2) is 0 Å². The number of anilines is 1. The minimum absolute atomic E-state index is 0.231. The lowest BCUT2D eigenvalue weighted by Crippen LogP contribution is -2.32. The van der Waals surface area contributed by atoms with Crippen LogP contribution in [0.4, 0.5) is 5.69 Å². The molecule has 2 heterocycles. The largest absolute Gasteiger partial charge is 0.371 e. The summed E-state index contributed by atoms with van der Waals surface area (Å²) < 4.78 is 0. The number of pyridine rings is 1. The zero-order valence-electron chi connectivity index (χ0n) is 14.4. The second kappa shape index (κ2) is 7.04. The highest BCUT2D eigenvalue weighted by Crippen LogP contribution is 2.23. The standard InChI is InChI=1S/C21H21N3O2/c25-20-18-9-5-4-6-16(18)12-19(23-20)21(26)22-13-15-10-11-24(14-15)17-7-2-1-3-8-17/h1-9,12,15H,10-11,13-14H2,(H,22,26)(H,23,25)/t15-/m0/s1. The smallest absolute Gasteiger partial charge is 0.267 e. The van der Waals surface area contributed by atoms with Gasteiger partial charge in [-0.2, -0.15) is 0 Å². The van der Waals surface area contributed by atoms with Crippen molar-refractivity contribution >= 4 is 22.4 Å². The molecular formula is C21H21N3O2. The molecule has 2 aromatic carbocycles. The SMILES string of the molecule is O=C(NC[C@@H]1CCN(c2ccccc2)C1)c1cc2ccccc2c(=O)[nH]1. The zero-order valence-corrected chi connectivity index (χ0v) is 14.4. The lowest BCUT2D eigenvalue weighted by Gasteiger charge is -2.18. The molecule has 1 aliphatic rings. The summed E-state index contributed by atoms with van der Waals surface area (Å²) in [7, 11) is 0. The first-order valence-electron chi connectivity index (χ1n) is 8.91. The summed E-state index contributed by atoms with van der Waals surface area (Å²) in [4.78, 5) is 29.6. The summed E-state index contributed by atoms with van der Waals surface area (Å²) in [5.41, 5.74) is 1.30. The van der Waals surface area contributed by atoms with Crippen LogP contribution in [0.3, 0.4) is 0 Å². The van der Waals surface area contributed by atoms with Gasteiger partial charge in [-0.05, 0) is 42.0 Å². The van der Waals surface area contributed by atoms with Crippen LogP contribution in [-0.4, -0.2) is 30.5 Å². The Morgan fingerprint density at radius 1 is 1.12 bits per heavy atom. The van der Waals surface area contributed by atoms with Crippen LogP contribution in [-0.2, 0) is 0 Å². The van der Waals surface area contributed by atoms with Gasteiger partial charge in [0.25, 0.3) is 11.5 Å². The highest BCUT2D eigenvalue weighted by atomic mass is 16.2. The fraction of sp³-hybridized carbons (Fsp3) is 0.238. The summed E-state index contributed by atoms with van der Waals surface area (Å²) in [6.07, 6.45) is 1.05. The van der Waals surface area contributed by atoms with Gasteiger partial charge in [0, 0.05) is 30.7 Å². The van der Waals surface area contributed by atoms with Gasteiger partial charge in [-0.15, -0.1) is 0 Å². The van der Waals surface area contributed by atoms with Gasteiger partial charge in [0.2, 0.25) is 0 Å². The topological polar surface area (TPSA) is 65.2 Å². The van der Waals surface area contributed by atoms with Gasteiger partial charge in [-0.1, -0.05) is 36.4 Å². The van der Waals surface area contributed by atoms with E-state index in [1.54, 1.807) is 12.1 Å². The molecule has 0 spiro atoms. The predicted molar refractivity (Wildman–Crippen MR) is 104 cm³/mol. The number of para-hydroxylation sites is 1. The summed E-state index contributed by atoms with van der Waals surface area (Å²) in [6, 6.07) is 19.3. The molecule has 0 aliphatic carbocycles. The number of hydrogen-bond donors (Lipinski definition) is 2. The van der Waals surface area contributed by atoms with E-state index in [0.29, 0.717) is 23.5 Å². The first-order chi connectivity index (χ1) is 12.7. The number of nitrogens with one attached hydrogen (secondary N) is 2. The molecule has 5 nitrogen and oxygen atoms in total. The van der Waals surface area contributed by atoms with Gasteiger partial charge >= 0.3 is 0 Å². The van der Waals surface area contributed by atoms with E-state index in [4.69, 9.17) is 0 Å². The predicted octanol–water partition coefficient (Wildman–Crippen LogP) is 2.78. The van der Waals surface area contributed by atoms with Crippen molar-refractivity contribution in [3.63, 3.8) is 0 Å². The maximum atomic E-state index is 12.5. The van der Waals surface area contributed by atoms with E-state index in [1.807, 2.05) is 36.4 Å². The zero-order chi connectivity index (χ0) is 17.9. The summed E-state index contributed by atoms with van der Waals surface area (Å²) >= 11 is 0. The Bertz CT molecular complexity index is 981. The van der Waals surface area contributed by atoms with Gasteiger partial charge < -0.3 is 15.2 Å². The van der Waals surface area contributed by atoms with Gasteiger partial charge in [-0.3, -0.25) is 9.59 Å². The fourth-order valence-electron chi connectivity index (χ4n) is 3.54. The average Bonchev–Trinajstić information content (AvgIpc) is 3.16. The van der Waals surface area contributed by atoms with Crippen molar-refractivity contribution in [2.45, 2.75) is 6.42 Å². The lowest BCUT2D eigenvalue weighted by atomic mass is 10.1. The van der Waals surface area contributed by atoms with Crippen molar-refractivity contribution in [1.82, 2.24) is 10.3 Å². The van der Waals surface area contributed by atoms with Crippen molar-refractivity contribution in [1.29, 1.82) is 0 Å². The Hall–Kier alpha value is -3.08. The number of nitrogens with zero attached hydrogens (tertiary/aromatic N) is 1. The van der Waals surface area contributed by atoms with E-state index in [1.165, 1.54) is 5.69 Å². The maximum absolute atomic E-state index is 12.5. The molecule has 132 valence electrons. The first-order valence-corrected chi connectivity index (χ1v) is 8.91. The molecule has 1 fully saturated rings. The molecule has 1 aliphatic heterocycles. The molecule has 1 saturated heterocycles. The average molecular weight is 347 g/mol. The number of aromatic amines is 1. The molecule has 0 unspecified atom stereocenters. The minimum Gasteiger partial charge on any atom is -0.371 e. The Labute approximate surface area is 151 Å². The van der Waals surface area contributed by atoms with Gasteiger partial charge in [0.1, 0.15) is 5.69 Å². The third kappa shape index (κ3) is 3.33. The molecule has 0 bridgehead atoms. The maximum Gasteiger partial charge on any atom is 0.267 e. The van der Waals surface area contributed by atoms with Crippen molar-refractivity contribution in [3.8, 4) is 0 Å². The summed E-state index contributed by atoms with van der Waals surface area (Å²) in [6.45, 7) is 2.53. The molecule has 2 N–H and O–H groups in total. The molecule has 0 saturated carbocycles. The van der Waals surface area contributed by atoms with E-state index in [0.717, 1.165) is 24.9 Å². The molecule has 1 aromatic heterocycles. The fourth-order valence-corrected chi connectivity index (χ4v) is 3.54. The number of benzene rings is 2. The Morgan fingerprint density at radius 3 is 2.73 bits per heavy atom. The van der Waals surface area contributed by atoms with Crippen LogP contribution in [0, 0.1) is 5.92 Å². The van der Waals surface area contributed by atoms with E-state index < -0.39 is 0 Å².